The van der Waals surface area contributed by atoms with Gasteiger partial charge in [0.05, 0.1) is 17.2 Å². The molecule has 1 aliphatic heterocycles. The molecular formula is C23H36IN5S. The second kappa shape index (κ2) is 13.3. The molecule has 0 unspecified atom stereocenters. The molecule has 7 heteroatoms. The maximum Gasteiger partial charge on any atom is 0.191 e. The molecule has 5 nitrogen and oxygen atoms in total. The van der Waals surface area contributed by atoms with E-state index in [0.29, 0.717) is 6.54 Å². The highest BCUT2D eigenvalue weighted by Crippen LogP contribution is 2.18. The van der Waals surface area contributed by atoms with Crippen LogP contribution in [-0.2, 0) is 25.9 Å². The third-order valence-corrected chi connectivity index (χ3v) is 6.37. The maximum absolute atomic E-state index is 4.75. The molecule has 30 heavy (non-hydrogen) atoms. The van der Waals surface area contributed by atoms with E-state index in [2.05, 4.69) is 60.6 Å². The van der Waals surface area contributed by atoms with Gasteiger partial charge in [0, 0.05) is 30.9 Å². The second-order valence-corrected chi connectivity index (χ2v) is 8.92. The number of nitrogens with zero attached hydrogens (tertiary/aromatic N) is 3. The lowest BCUT2D eigenvalue weighted by Crippen LogP contribution is -2.38. The van der Waals surface area contributed by atoms with Crippen molar-refractivity contribution in [1.82, 2.24) is 20.5 Å². The van der Waals surface area contributed by atoms with Crippen LogP contribution in [0.15, 0.2) is 29.3 Å². The van der Waals surface area contributed by atoms with Crippen molar-refractivity contribution in [3.8, 4) is 0 Å². The molecule has 0 atom stereocenters. The van der Waals surface area contributed by atoms with E-state index in [4.69, 9.17) is 9.98 Å². The highest BCUT2D eigenvalue weighted by Gasteiger charge is 2.11. The molecule has 2 aromatic rings. The van der Waals surface area contributed by atoms with Crippen molar-refractivity contribution in [2.24, 2.45) is 4.99 Å². The first kappa shape index (κ1) is 25.1. The number of hydrogen-bond donors (Lipinski definition) is 2. The summed E-state index contributed by atoms with van der Waals surface area (Å²) in [7, 11) is 0. The molecule has 2 N–H and O–H groups in total. The van der Waals surface area contributed by atoms with Crippen LogP contribution in [0.5, 0.6) is 0 Å². The monoisotopic (exact) mass is 541 g/mol. The van der Waals surface area contributed by atoms with Gasteiger partial charge in [-0.25, -0.2) is 9.98 Å². The second-order valence-electron chi connectivity index (χ2n) is 7.64. The molecule has 0 aliphatic carbocycles. The topological polar surface area (TPSA) is 52.6 Å². The van der Waals surface area contributed by atoms with Gasteiger partial charge in [-0.3, -0.25) is 4.90 Å². The zero-order chi connectivity index (χ0) is 20.5. The molecule has 0 radical (unpaired) electrons. The maximum atomic E-state index is 4.75. The Morgan fingerprint density at radius 3 is 2.43 bits per heavy atom. The standard InChI is InChI=1S/C23H35N5S.HI/c1-4-21-18(3)29-22(27-21)12-13-25-23(24-5-2)26-16-19-8-10-20(11-9-19)17-28-14-6-7-15-28;/h8-11H,4-7,12-17H2,1-3H3,(H2,24,25,26);1H. The zero-order valence-corrected chi connectivity index (χ0v) is 21.7. The van der Waals surface area contributed by atoms with Gasteiger partial charge in [0.25, 0.3) is 0 Å². The molecule has 1 aliphatic rings. The van der Waals surface area contributed by atoms with Crippen LogP contribution in [0.3, 0.4) is 0 Å². The van der Waals surface area contributed by atoms with Crippen molar-refractivity contribution in [2.45, 2.75) is 59.5 Å². The average molecular weight is 542 g/mol. The minimum Gasteiger partial charge on any atom is -0.357 e. The predicted octanol–water partition coefficient (Wildman–Crippen LogP) is 4.53. The molecule has 1 aromatic carbocycles. The Morgan fingerprint density at radius 2 is 1.80 bits per heavy atom. The summed E-state index contributed by atoms with van der Waals surface area (Å²) in [6.07, 6.45) is 4.63. The molecule has 0 spiro atoms. The van der Waals surface area contributed by atoms with Crippen molar-refractivity contribution < 1.29 is 0 Å². The fraction of sp³-hybridized carbons (Fsp3) is 0.565. The summed E-state index contributed by atoms with van der Waals surface area (Å²) >= 11 is 1.81. The number of nitrogens with one attached hydrogen (secondary N) is 2. The lowest BCUT2D eigenvalue weighted by Gasteiger charge is -2.14. The number of hydrogen-bond acceptors (Lipinski definition) is 4. The number of aromatic nitrogens is 1. The zero-order valence-electron chi connectivity index (χ0n) is 18.5. The average Bonchev–Trinajstić information content (AvgIpc) is 3.36. The number of likely N-dealkylation sites (tertiary alicyclic amines) is 1. The molecule has 1 fully saturated rings. The first-order valence-corrected chi connectivity index (χ1v) is 11.8. The van der Waals surface area contributed by atoms with E-state index in [-0.39, 0.29) is 24.0 Å². The molecule has 1 saturated heterocycles. The van der Waals surface area contributed by atoms with Crippen LogP contribution < -0.4 is 10.6 Å². The first-order chi connectivity index (χ1) is 14.2. The fourth-order valence-electron chi connectivity index (χ4n) is 3.67. The Bertz CT molecular complexity index is 781. The number of guanidine groups is 1. The summed E-state index contributed by atoms with van der Waals surface area (Å²) in [4.78, 5) is 13.4. The van der Waals surface area contributed by atoms with Crippen molar-refractivity contribution in [2.75, 3.05) is 26.2 Å². The summed E-state index contributed by atoms with van der Waals surface area (Å²) in [6, 6.07) is 8.92. The molecule has 166 valence electrons. The number of rotatable bonds is 9. The minimum absolute atomic E-state index is 0. The van der Waals surface area contributed by atoms with E-state index in [0.717, 1.165) is 38.4 Å². The smallest absolute Gasteiger partial charge is 0.191 e. The van der Waals surface area contributed by atoms with E-state index in [1.165, 1.54) is 52.6 Å². The van der Waals surface area contributed by atoms with Gasteiger partial charge in [0.15, 0.2) is 5.96 Å². The largest absolute Gasteiger partial charge is 0.357 e. The van der Waals surface area contributed by atoms with Crippen LogP contribution in [-0.4, -0.2) is 42.0 Å². The van der Waals surface area contributed by atoms with Crippen LogP contribution >= 0.6 is 35.3 Å². The number of aryl methyl sites for hydroxylation is 2. The number of halogens is 1. The number of aliphatic imine (C=N–C) groups is 1. The molecule has 2 heterocycles. The van der Waals surface area contributed by atoms with E-state index >= 15 is 0 Å². The molecule has 0 bridgehead atoms. The van der Waals surface area contributed by atoms with Gasteiger partial charge in [-0.2, -0.15) is 0 Å². The normalized spacial score (nSPS) is 14.6. The van der Waals surface area contributed by atoms with Crippen molar-refractivity contribution in [3.63, 3.8) is 0 Å². The highest BCUT2D eigenvalue weighted by molar-refractivity contribution is 14.0. The van der Waals surface area contributed by atoms with E-state index in [1.54, 1.807) is 0 Å². The molecule has 3 rings (SSSR count). The molecule has 0 saturated carbocycles. The number of benzene rings is 1. The van der Waals surface area contributed by atoms with Gasteiger partial charge in [0.2, 0.25) is 0 Å². The van der Waals surface area contributed by atoms with Crippen LogP contribution in [0.4, 0.5) is 0 Å². The van der Waals surface area contributed by atoms with Crippen molar-refractivity contribution >= 4 is 41.3 Å². The van der Waals surface area contributed by atoms with E-state index in [1.807, 2.05) is 11.3 Å². The fourth-order valence-corrected chi connectivity index (χ4v) is 4.69. The summed E-state index contributed by atoms with van der Waals surface area (Å²) in [5.41, 5.74) is 3.88. The van der Waals surface area contributed by atoms with Gasteiger partial charge in [-0.15, -0.1) is 35.3 Å². The quantitative estimate of drug-likeness (QED) is 0.279. The minimum atomic E-state index is 0. The van der Waals surface area contributed by atoms with Crippen molar-refractivity contribution in [3.05, 3.63) is 51.0 Å². The first-order valence-electron chi connectivity index (χ1n) is 11.0. The van der Waals surface area contributed by atoms with E-state index < -0.39 is 0 Å². The third-order valence-electron chi connectivity index (χ3n) is 5.29. The Morgan fingerprint density at radius 1 is 1.10 bits per heavy atom. The van der Waals surface area contributed by atoms with Crippen LogP contribution in [0.1, 0.15) is 53.4 Å². The third kappa shape index (κ3) is 7.81. The van der Waals surface area contributed by atoms with Gasteiger partial charge in [0.1, 0.15) is 0 Å². The summed E-state index contributed by atoms with van der Waals surface area (Å²) in [5, 5.41) is 7.99. The van der Waals surface area contributed by atoms with Crippen molar-refractivity contribution in [1.29, 1.82) is 0 Å². The molecule has 1 aromatic heterocycles. The van der Waals surface area contributed by atoms with Gasteiger partial charge >= 0.3 is 0 Å². The summed E-state index contributed by atoms with van der Waals surface area (Å²) < 4.78 is 0. The highest BCUT2D eigenvalue weighted by atomic mass is 127. The Kier molecular flexibility index (Phi) is 11.1. The summed E-state index contributed by atoms with van der Waals surface area (Å²) in [5.74, 6) is 0.873. The lowest BCUT2D eigenvalue weighted by molar-refractivity contribution is 0.331. The Labute approximate surface area is 202 Å². The Hall–Kier alpha value is -1.19. The SMILES string of the molecule is CCNC(=NCc1ccc(CN2CCCC2)cc1)NCCc1nc(CC)c(C)s1.I. The van der Waals surface area contributed by atoms with Gasteiger partial charge in [-0.05, 0) is 57.3 Å². The van der Waals surface area contributed by atoms with Crippen LogP contribution in [0.2, 0.25) is 0 Å². The van der Waals surface area contributed by atoms with E-state index in [9.17, 15) is 0 Å². The van der Waals surface area contributed by atoms with Crippen LogP contribution in [0, 0.1) is 6.92 Å². The summed E-state index contributed by atoms with van der Waals surface area (Å²) in [6.45, 7) is 12.4. The molecular weight excluding hydrogens is 505 g/mol. The lowest BCUT2D eigenvalue weighted by atomic mass is 10.1. The Balaban J connectivity index is 0.00000320. The van der Waals surface area contributed by atoms with Gasteiger partial charge < -0.3 is 10.6 Å². The molecule has 0 amide bonds. The predicted molar refractivity (Wildman–Crippen MR) is 139 cm³/mol. The number of thiazole rings is 1. The van der Waals surface area contributed by atoms with Gasteiger partial charge in [-0.1, -0.05) is 31.2 Å². The van der Waals surface area contributed by atoms with Crippen LogP contribution in [0.25, 0.3) is 0 Å².